The summed E-state index contributed by atoms with van der Waals surface area (Å²) in [6, 6.07) is 0.141. The van der Waals surface area contributed by atoms with Gasteiger partial charge in [0.05, 0.1) is 30.7 Å². The third kappa shape index (κ3) is 18.0. The number of nitrogens with one attached hydrogen (secondary N) is 1. The number of amidine groups is 1. The number of guanidine groups is 4. The van der Waals surface area contributed by atoms with Gasteiger partial charge in [-0.15, -0.1) is 0 Å². The van der Waals surface area contributed by atoms with Crippen LogP contribution >= 0.6 is 31.9 Å². The van der Waals surface area contributed by atoms with E-state index >= 15 is 4.79 Å². The molecule has 5 saturated carbocycles. The minimum absolute atomic E-state index is 0.0154. The third-order valence-electron chi connectivity index (χ3n) is 18.5. The predicted molar refractivity (Wildman–Crippen MR) is 320 cm³/mol. The van der Waals surface area contributed by atoms with E-state index in [1.54, 1.807) is 7.11 Å². The van der Waals surface area contributed by atoms with Crippen molar-refractivity contribution in [3.63, 3.8) is 0 Å². The summed E-state index contributed by atoms with van der Waals surface area (Å²) in [6.07, 6.45) is 13.6. The van der Waals surface area contributed by atoms with Crippen LogP contribution in [0.3, 0.4) is 0 Å². The predicted octanol–water partition coefficient (Wildman–Crippen LogP) is 2.50. The fourth-order valence-electron chi connectivity index (χ4n) is 14.4. The van der Waals surface area contributed by atoms with Crippen LogP contribution in [0.2, 0.25) is 0 Å². The van der Waals surface area contributed by atoms with Gasteiger partial charge in [-0.3, -0.25) is 34.4 Å². The number of nitrogens with two attached hydrogens (primary N) is 8. The van der Waals surface area contributed by atoms with Crippen LogP contribution in [0.25, 0.3) is 0 Å². The van der Waals surface area contributed by atoms with E-state index in [1.165, 1.54) is 0 Å². The average molecular weight is 1270 g/mol. The van der Waals surface area contributed by atoms with Crippen molar-refractivity contribution in [3.8, 4) is 0 Å². The number of alkyl halides is 2. The lowest BCUT2D eigenvalue weighted by atomic mass is 9.59. The Labute approximate surface area is 495 Å². The fraction of sp³-hybridized carbons (Fsp3) is 0.852. The Kier molecular flexibility index (Phi) is 24.8. The van der Waals surface area contributed by atoms with E-state index in [0.29, 0.717) is 86.6 Å². The van der Waals surface area contributed by atoms with E-state index in [-0.39, 0.29) is 128 Å². The number of nitrogens with zero attached hydrogens (tertiary/aromatic N) is 8. The van der Waals surface area contributed by atoms with E-state index in [9.17, 15) is 9.59 Å². The molecule has 458 valence electrons. The van der Waals surface area contributed by atoms with Crippen molar-refractivity contribution in [2.45, 2.75) is 169 Å². The minimum atomic E-state index is -0.628. The Bertz CT molecular complexity index is 2180. The van der Waals surface area contributed by atoms with Crippen LogP contribution in [-0.2, 0) is 33.5 Å². The monoisotopic (exact) mass is 1270 g/mol. The van der Waals surface area contributed by atoms with Crippen molar-refractivity contribution in [1.29, 1.82) is 0 Å². The number of oxime groups is 2. The van der Waals surface area contributed by atoms with Crippen LogP contribution in [0.5, 0.6) is 0 Å². The quantitative estimate of drug-likeness (QED) is 0.0233. The molecule has 2 heterocycles. The maximum absolute atomic E-state index is 15.3. The normalized spacial score (nSPS) is 33.7. The van der Waals surface area contributed by atoms with Gasteiger partial charge in [-0.25, -0.2) is 4.79 Å². The number of methoxy groups -OCH3 is 1. The number of aliphatic imine (C=N–C) groups is 3. The molecule has 0 aromatic carbocycles. The molecule has 0 aromatic rings. The number of carbonyl (C=O) groups excluding carboxylic acids is 3. The fourth-order valence-corrected chi connectivity index (χ4v) is 15.5. The van der Waals surface area contributed by atoms with Gasteiger partial charge >= 0.3 is 12.0 Å². The molecule has 1 saturated heterocycles. The second kappa shape index (κ2) is 31.3. The molecule has 2 aliphatic heterocycles. The van der Waals surface area contributed by atoms with Crippen LogP contribution in [-0.4, -0.2) is 181 Å². The summed E-state index contributed by atoms with van der Waals surface area (Å²) in [5.74, 6) is -0.263. The maximum Gasteiger partial charge on any atom is 0.325 e. The van der Waals surface area contributed by atoms with Gasteiger partial charge in [0.1, 0.15) is 12.4 Å². The third-order valence-corrected chi connectivity index (χ3v) is 20.3. The lowest BCUT2D eigenvalue weighted by Gasteiger charge is -2.48. The molecule has 25 nitrogen and oxygen atoms in total. The molecule has 7 aliphatic rings. The van der Waals surface area contributed by atoms with Gasteiger partial charge in [0.15, 0.2) is 24.1 Å². The summed E-state index contributed by atoms with van der Waals surface area (Å²) >= 11 is 7.81. The van der Waals surface area contributed by atoms with Gasteiger partial charge in [-0.2, -0.15) is 0 Å². The zero-order valence-corrected chi connectivity index (χ0v) is 50.9. The highest BCUT2D eigenvalue weighted by Gasteiger charge is 2.53. The van der Waals surface area contributed by atoms with E-state index < -0.39 is 18.2 Å². The number of ether oxygens (including phenoxy) is 3. The number of urea groups is 1. The molecular weight excluding hydrogens is 1170 g/mol. The van der Waals surface area contributed by atoms with E-state index in [1.807, 2.05) is 11.8 Å². The van der Waals surface area contributed by atoms with Gasteiger partial charge in [-0.05, 0) is 149 Å². The Morgan fingerprint density at radius 3 is 1.96 bits per heavy atom. The van der Waals surface area contributed by atoms with Crippen LogP contribution in [0.4, 0.5) is 4.79 Å². The summed E-state index contributed by atoms with van der Waals surface area (Å²) in [5.41, 5.74) is 46.1. The van der Waals surface area contributed by atoms with Gasteiger partial charge in [0.2, 0.25) is 17.8 Å². The summed E-state index contributed by atoms with van der Waals surface area (Å²) in [6.45, 7) is 6.52. The van der Waals surface area contributed by atoms with Crippen LogP contribution in [0.1, 0.15) is 122 Å². The average Bonchev–Trinajstić information content (AvgIpc) is 3.43. The zero-order valence-electron chi connectivity index (χ0n) is 47.8. The first-order valence-corrected chi connectivity index (χ1v) is 31.6. The van der Waals surface area contributed by atoms with Gasteiger partial charge in [0, 0.05) is 100 Å². The van der Waals surface area contributed by atoms with Gasteiger partial charge < -0.3 is 80.0 Å². The van der Waals surface area contributed by atoms with E-state index in [4.69, 9.17) is 74.7 Å². The van der Waals surface area contributed by atoms with Crippen LogP contribution in [0.15, 0.2) is 25.3 Å². The van der Waals surface area contributed by atoms with Crippen molar-refractivity contribution < 1.29 is 38.3 Å². The number of piperazine rings is 1. The minimum Gasteiger partial charge on any atom is -0.464 e. The molecule has 0 spiro atoms. The molecule has 5 aliphatic carbocycles. The second-order valence-electron chi connectivity index (χ2n) is 23.5. The molecule has 0 bridgehead atoms. The highest BCUT2D eigenvalue weighted by molar-refractivity contribution is 9.09. The van der Waals surface area contributed by atoms with E-state index in [0.717, 1.165) is 89.3 Å². The van der Waals surface area contributed by atoms with Crippen molar-refractivity contribution in [2.75, 3.05) is 72.7 Å². The van der Waals surface area contributed by atoms with Crippen molar-refractivity contribution >= 4 is 79.4 Å². The Morgan fingerprint density at radius 2 is 1.33 bits per heavy atom. The van der Waals surface area contributed by atoms with Crippen molar-refractivity contribution in [1.82, 2.24) is 20.0 Å². The van der Waals surface area contributed by atoms with Crippen molar-refractivity contribution in [3.05, 3.63) is 0 Å². The van der Waals surface area contributed by atoms with Crippen LogP contribution < -0.4 is 51.2 Å². The zero-order chi connectivity index (χ0) is 58.2. The topological polar surface area (TPSA) is 389 Å². The molecule has 12 atom stereocenters. The number of rotatable bonds is 23. The van der Waals surface area contributed by atoms with E-state index in [2.05, 4.69) is 67.3 Å². The first-order valence-electron chi connectivity index (χ1n) is 29.8. The first-order chi connectivity index (χ1) is 38.9. The first kappa shape index (κ1) is 64.0. The molecule has 17 N–H and O–H groups in total. The highest BCUT2D eigenvalue weighted by Crippen LogP contribution is 2.49. The van der Waals surface area contributed by atoms with Gasteiger partial charge in [0.25, 0.3) is 0 Å². The number of hydrogen-bond acceptors (Lipinski definition) is 14. The van der Waals surface area contributed by atoms with Crippen molar-refractivity contribution in [2.24, 2.45) is 119 Å². The highest BCUT2D eigenvalue weighted by atomic mass is 79.9. The summed E-state index contributed by atoms with van der Waals surface area (Å²) in [5, 5.41) is 10.8. The Hall–Kier alpha value is -4.60. The number of amides is 3. The summed E-state index contributed by atoms with van der Waals surface area (Å²) in [7, 11) is 1.78. The molecular formula is C54H95Br2N17O8. The Balaban J connectivity index is 0.927. The number of esters is 1. The number of carbonyl (C=O) groups is 3. The second-order valence-corrected chi connectivity index (χ2v) is 26.1. The smallest absolute Gasteiger partial charge is 0.325 e. The molecule has 0 aromatic heterocycles. The summed E-state index contributed by atoms with van der Waals surface area (Å²) < 4.78 is 18.0. The molecule has 81 heavy (non-hydrogen) atoms. The largest absolute Gasteiger partial charge is 0.464 e. The SMILES string of the molecule is CCOC1CC(OC)CCC1C1=NC(C2CCC(Br)CC2)C(C2CCC(Br)CC2)N1C(=O)N1CCN(CCOC(=O)CCC(=O)NCC2CCC(C3CCCC(ON=C(N)N)C3ON=C(N)N)C(CN=C(N)N)C2CN=C(N)N)CC1. The molecule has 6 fully saturated rings. The molecule has 0 radical (unpaired) electrons. The maximum atomic E-state index is 15.3. The summed E-state index contributed by atoms with van der Waals surface area (Å²) in [4.78, 5) is 75.6. The number of halogens is 2. The molecule has 3 amide bonds. The molecule has 12 unspecified atom stereocenters. The van der Waals surface area contributed by atoms with Crippen LogP contribution in [0, 0.1) is 47.3 Å². The Morgan fingerprint density at radius 1 is 0.691 bits per heavy atom. The molecule has 7 rings (SSSR count). The number of hydrogen-bond donors (Lipinski definition) is 9. The van der Waals surface area contributed by atoms with Gasteiger partial charge in [-0.1, -0.05) is 31.9 Å². The standard InChI is InChI=1S/C54H95Br2N17O8/c1-3-78-43-27-36(77-2)16-18-39(43)49-68-46(31-7-12-34(55)13-8-31)47(32-9-14-35(56)15-10-32)73(49)54(76)72-23-21-71(22-24-72)25-26-79-45(75)20-19-44(74)65-28-33-11-17-37(41(30-67-51(59)60)40(33)29-66-50(57)58)38-5-4-6-42(80-69-52(61)62)48(38)81-70-53(63)64/h31-43,46-48H,3-30H2,1-2H3,(H,65,74)(H4,57,58,66)(H4,59,60,67)(H4,61,62,69)(H4,63,64,70). The molecule has 27 heteroatoms. The lowest BCUT2D eigenvalue weighted by molar-refractivity contribution is -0.145. The lowest BCUT2D eigenvalue weighted by Crippen LogP contribution is -2.60.